The summed E-state index contributed by atoms with van der Waals surface area (Å²) in [5, 5.41) is 24.7. The van der Waals surface area contributed by atoms with E-state index in [0.29, 0.717) is 48.6 Å². The van der Waals surface area contributed by atoms with Crippen molar-refractivity contribution in [3.05, 3.63) is 87.8 Å². The molecule has 0 aliphatic heterocycles. The average Bonchev–Trinajstić information content (AvgIpc) is 2.94. The lowest BCUT2D eigenvalue weighted by Crippen LogP contribution is -2.28. The lowest BCUT2D eigenvalue weighted by atomic mass is 9.87. The molecule has 4 aromatic rings. The van der Waals surface area contributed by atoms with E-state index in [1.807, 2.05) is 32.0 Å². The van der Waals surface area contributed by atoms with Crippen LogP contribution in [-0.4, -0.2) is 43.0 Å². The van der Waals surface area contributed by atoms with Crippen LogP contribution in [0.5, 0.6) is 28.7 Å². The Balaban J connectivity index is 1.57. The number of carbonyl (C=O) groups is 1. The second kappa shape index (κ2) is 12.9. The molecule has 0 radical (unpaired) electrons. The molecule has 210 valence electrons. The number of ether oxygens (including phenoxy) is 3. The smallest absolute Gasteiger partial charge is 0.343 e. The Morgan fingerprint density at radius 2 is 1.68 bits per heavy atom. The Morgan fingerprint density at radius 1 is 0.950 bits per heavy atom. The van der Waals surface area contributed by atoms with Crippen molar-refractivity contribution in [1.29, 1.82) is 0 Å². The van der Waals surface area contributed by atoms with Gasteiger partial charge < -0.3 is 34.2 Å². The van der Waals surface area contributed by atoms with Crippen LogP contribution < -0.4 is 25.2 Å². The highest BCUT2D eigenvalue weighted by Crippen LogP contribution is 2.38. The van der Waals surface area contributed by atoms with Gasteiger partial charge in [-0.05, 0) is 67.8 Å². The van der Waals surface area contributed by atoms with Crippen molar-refractivity contribution >= 4 is 16.9 Å². The third-order valence-electron chi connectivity index (χ3n) is 6.51. The second-order valence-electron chi connectivity index (χ2n) is 9.08. The van der Waals surface area contributed by atoms with Gasteiger partial charge in [-0.1, -0.05) is 24.3 Å². The predicted molar refractivity (Wildman–Crippen MR) is 151 cm³/mol. The Morgan fingerprint density at radius 3 is 2.40 bits per heavy atom. The van der Waals surface area contributed by atoms with Crippen LogP contribution in [0.3, 0.4) is 0 Å². The highest BCUT2D eigenvalue weighted by atomic mass is 16.5. The van der Waals surface area contributed by atoms with Crippen LogP contribution in [0, 0.1) is 0 Å². The number of methoxy groups -OCH3 is 1. The van der Waals surface area contributed by atoms with Gasteiger partial charge >= 0.3 is 5.63 Å². The molecule has 1 heterocycles. The number of fused-ring (bicyclic) bond motifs is 1. The van der Waals surface area contributed by atoms with E-state index in [-0.39, 0.29) is 40.7 Å². The van der Waals surface area contributed by atoms with Crippen molar-refractivity contribution in [2.24, 2.45) is 0 Å². The summed E-state index contributed by atoms with van der Waals surface area (Å²) >= 11 is 0. The molecule has 0 fully saturated rings. The number of phenols is 1. The van der Waals surface area contributed by atoms with Crippen molar-refractivity contribution in [2.45, 2.75) is 32.6 Å². The van der Waals surface area contributed by atoms with Crippen LogP contribution in [0.1, 0.15) is 42.9 Å². The molecule has 40 heavy (non-hydrogen) atoms. The first-order valence-electron chi connectivity index (χ1n) is 13.1. The first-order valence-corrected chi connectivity index (χ1v) is 13.1. The van der Waals surface area contributed by atoms with Gasteiger partial charge in [0.1, 0.15) is 11.3 Å². The molecule has 0 bridgehead atoms. The van der Waals surface area contributed by atoms with Gasteiger partial charge in [0, 0.05) is 18.9 Å². The van der Waals surface area contributed by atoms with E-state index in [1.54, 1.807) is 30.3 Å². The topological polar surface area (TPSA) is 127 Å². The molecular formula is C31H33NO8. The largest absolute Gasteiger partial charge is 0.507 e. The molecule has 9 heteroatoms. The third-order valence-corrected chi connectivity index (χ3v) is 6.51. The highest BCUT2D eigenvalue weighted by molar-refractivity contribution is 5.85. The molecule has 1 aromatic heterocycles. The minimum atomic E-state index is -0.896. The third kappa shape index (κ3) is 6.31. The molecule has 1 atom stereocenters. The summed E-state index contributed by atoms with van der Waals surface area (Å²) in [6, 6.07) is 16.9. The minimum Gasteiger partial charge on any atom is -0.507 e. The number of hydrogen-bond acceptors (Lipinski definition) is 8. The molecule has 1 amide bonds. The lowest BCUT2D eigenvalue weighted by Gasteiger charge is -2.19. The first-order chi connectivity index (χ1) is 19.4. The summed E-state index contributed by atoms with van der Waals surface area (Å²) < 4.78 is 21.9. The number of amides is 1. The molecule has 0 saturated carbocycles. The zero-order valence-electron chi connectivity index (χ0n) is 22.7. The summed E-state index contributed by atoms with van der Waals surface area (Å²) in [5.74, 6) is -0.115. The van der Waals surface area contributed by atoms with E-state index in [9.17, 15) is 19.8 Å². The zero-order valence-corrected chi connectivity index (χ0v) is 22.7. The van der Waals surface area contributed by atoms with E-state index in [1.165, 1.54) is 19.2 Å². The lowest BCUT2D eigenvalue weighted by molar-refractivity contribution is -0.121. The maximum atomic E-state index is 13.1. The van der Waals surface area contributed by atoms with Crippen LogP contribution in [-0.2, 0) is 11.2 Å². The fourth-order valence-corrected chi connectivity index (χ4v) is 4.62. The molecule has 1 unspecified atom stereocenters. The Hall–Kier alpha value is -4.66. The van der Waals surface area contributed by atoms with Gasteiger partial charge in [0.2, 0.25) is 5.91 Å². The highest BCUT2D eigenvalue weighted by Gasteiger charge is 2.28. The number of phenolic OH excluding ortho intramolecular Hbond substituents is 1. The van der Waals surface area contributed by atoms with Crippen LogP contribution in [0.25, 0.3) is 11.0 Å². The number of benzene rings is 3. The van der Waals surface area contributed by atoms with Crippen LogP contribution >= 0.6 is 0 Å². The number of hydrogen-bond donors (Lipinski definition) is 3. The summed E-state index contributed by atoms with van der Waals surface area (Å²) in [5.41, 5.74) is 0.806. The molecule has 4 rings (SSSR count). The predicted octanol–water partition coefficient (Wildman–Crippen LogP) is 4.89. The molecule has 3 aromatic carbocycles. The summed E-state index contributed by atoms with van der Waals surface area (Å²) in [7, 11) is 1.42. The molecular weight excluding hydrogens is 514 g/mol. The van der Waals surface area contributed by atoms with Gasteiger partial charge in [-0.2, -0.15) is 0 Å². The molecule has 0 saturated heterocycles. The summed E-state index contributed by atoms with van der Waals surface area (Å²) in [6.07, 6.45) is 0.367. The molecule has 3 N–H and O–H groups in total. The van der Waals surface area contributed by atoms with Crippen molar-refractivity contribution in [1.82, 2.24) is 5.32 Å². The maximum Gasteiger partial charge on any atom is 0.343 e. The first kappa shape index (κ1) is 28.4. The fraction of sp³-hybridized carbons (Fsp3) is 0.290. The van der Waals surface area contributed by atoms with E-state index in [2.05, 4.69) is 5.32 Å². The monoisotopic (exact) mass is 547 g/mol. The van der Waals surface area contributed by atoms with Gasteiger partial charge in [-0.25, -0.2) is 4.79 Å². The quantitative estimate of drug-likeness (QED) is 0.214. The Kier molecular flexibility index (Phi) is 9.16. The Bertz CT molecular complexity index is 1540. The van der Waals surface area contributed by atoms with E-state index in [0.717, 1.165) is 5.56 Å². The van der Waals surface area contributed by atoms with Crippen molar-refractivity contribution in [3.63, 3.8) is 0 Å². The van der Waals surface area contributed by atoms with Gasteiger partial charge in [0.15, 0.2) is 23.0 Å². The fourth-order valence-electron chi connectivity index (χ4n) is 4.62. The maximum absolute atomic E-state index is 13.1. The zero-order chi connectivity index (χ0) is 28.6. The number of carbonyl (C=O) groups excluding carboxylic acids is 1. The number of aromatic hydroxyl groups is 2. The molecule has 0 spiro atoms. The SMILES string of the molecule is CCOc1ccc(CCNC(=O)CC(c2ccc(OC)c(O)c2)c2c(O)c3ccccc3oc2=O)cc1OCC. The van der Waals surface area contributed by atoms with Gasteiger partial charge in [-0.15, -0.1) is 0 Å². The number of para-hydroxylation sites is 1. The van der Waals surface area contributed by atoms with E-state index < -0.39 is 11.5 Å². The average molecular weight is 548 g/mol. The van der Waals surface area contributed by atoms with Gasteiger partial charge in [0.25, 0.3) is 0 Å². The van der Waals surface area contributed by atoms with Crippen LogP contribution in [0.4, 0.5) is 0 Å². The normalized spacial score (nSPS) is 11.7. The van der Waals surface area contributed by atoms with Crippen molar-refractivity contribution in [3.8, 4) is 28.7 Å². The van der Waals surface area contributed by atoms with Crippen LogP contribution in [0.15, 0.2) is 69.9 Å². The number of nitrogens with one attached hydrogen (secondary N) is 1. The summed E-state index contributed by atoms with van der Waals surface area (Å²) in [6.45, 7) is 5.15. The van der Waals surface area contributed by atoms with Crippen molar-refractivity contribution in [2.75, 3.05) is 26.9 Å². The van der Waals surface area contributed by atoms with E-state index >= 15 is 0 Å². The minimum absolute atomic E-state index is 0.0636. The van der Waals surface area contributed by atoms with Gasteiger partial charge in [0.05, 0.1) is 31.3 Å². The van der Waals surface area contributed by atoms with Crippen molar-refractivity contribution < 1.29 is 33.6 Å². The standard InChI is InChI=1S/C31H33NO8/c1-4-38-26-12-10-19(16-27(26)39-5-2)14-15-32-28(34)18-22(20-11-13-25(37-3)23(33)17-20)29-30(35)21-8-6-7-9-24(21)40-31(29)36/h6-13,16-17,22,33,35H,4-5,14-15,18H2,1-3H3,(H,32,34). The van der Waals surface area contributed by atoms with Crippen LogP contribution in [0.2, 0.25) is 0 Å². The summed E-state index contributed by atoms with van der Waals surface area (Å²) in [4.78, 5) is 26.2. The molecule has 0 aliphatic carbocycles. The Labute approximate surface area is 231 Å². The van der Waals surface area contributed by atoms with E-state index in [4.69, 9.17) is 18.6 Å². The second-order valence-corrected chi connectivity index (χ2v) is 9.08. The molecule has 0 aliphatic rings. The van der Waals surface area contributed by atoms with Gasteiger partial charge in [-0.3, -0.25) is 4.79 Å². The number of rotatable bonds is 12. The molecule has 9 nitrogen and oxygen atoms in total.